The maximum Gasteiger partial charge on any atom is 0.0503 e. The zero-order valence-electron chi connectivity index (χ0n) is 12.1. The standard InChI is InChI=1S/C17H19N3S/c1-18-13-21-12-17(19-2)11-14-3-5-15(6-4-14)16-7-9-20-10-8-16/h3-10,12,18H,2,11,13H2,1H3/b17-12-. The molecule has 0 radical (unpaired) electrons. The number of benzene rings is 1. The van der Waals surface area contributed by atoms with Gasteiger partial charge in [0.1, 0.15) is 0 Å². The van der Waals surface area contributed by atoms with Gasteiger partial charge < -0.3 is 5.32 Å². The Morgan fingerprint density at radius 3 is 2.48 bits per heavy atom. The lowest BCUT2D eigenvalue weighted by Crippen LogP contribution is -2.02. The van der Waals surface area contributed by atoms with Crippen LogP contribution in [0.3, 0.4) is 0 Å². The molecule has 4 heteroatoms. The number of allylic oxidation sites excluding steroid dienone is 1. The summed E-state index contributed by atoms with van der Waals surface area (Å²) in [5.74, 6) is 0.875. The third-order valence-electron chi connectivity index (χ3n) is 3.00. The Bertz CT molecular complexity index is 591. The maximum absolute atomic E-state index is 4.09. The molecule has 2 aromatic rings. The van der Waals surface area contributed by atoms with Crippen LogP contribution in [-0.4, -0.2) is 24.6 Å². The van der Waals surface area contributed by atoms with Crippen molar-refractivity contribution in [3.05, 3.63) is 65.5 Å². The van der Waals surface area contributed by atoms with E-state index in [9.17, 15) is 0 Å². The van der Waals surface area contributed by atoms with Gasteiger partial charge in [0.15, 0.2) is 0 Å². The predicted octanol–water partition coefficient (Wildman–Crippen LogP) is 3.74. The number of hydrogen-bond acceptors (Lipinski definition) is 4. The maximum atomic E-state index is 4.09. The van der Waals surface area contributed by atoms with Crippen LogP contribution in [0, 0.1) is 0 Å². The zero-order chi connectivity index (χ0) is 14.9. The number of aromatic nitrogens is 1. The first kappa shape index (κ1) is 15.5. The lowest BCUT2D eigenvalue weighted by atomic mass is 10.0. The molecule has 1 N–H and O–H groups in total. The fourth-order valence-electron chi connectivity index (χ4n) is 1.92. The smallest absolute Gasteiger partial charge is 0.0503 e. The zero-order valence-corrected chi connectivity index (χ0v) is 12.9. The second kappa shape index (κ2) is 8.39. The molecule has 2 rings (SSSR count). The molecule has 21 heavy (non-hydrogen) atoms. The molecule has 0 aliphatic heterocycles. The normalized spacial score (nSPS) is 11.4. The quantitative estimate of drug-likeness (QED) is 0.480. The average Bonchev–Trinajstić information content (AvgIpc) is 2.55. The van der Waals surface area contributed by atoms with Crippen LogP contribution < -0.4 is 5.32 Å². The molecule has 1 aromatic heterocycles. The first-order valence-electron chi connectivity index (χ1n) is 6.75. The van der Waals surface area contributed by atoms with Crippen LogP contribution >= 0.6 is 11.8 Å². The highest BCUT2D eigenvalue weighted by Gasteiger charge is 2.00. The first-order valence-corrected chi connectivity index (χ1v) is 7.79. The Morgan fingerprint density at radius 2 is 1.86 bits per heavy atom. The largest absolute Gasteiger partial charge is 0.311 e. The molecule has 0 atom stereocenters. The first-order chi connectivity index (χ1) is 10.3. The van der Waals surface area contributed by atoms with Gasteiger partial charge in [-0.25, -0.2) is 0 Å². The van der Waals surface area contributed by atoms with E-state index in [1.807, 2.05) is 31.6 Å². The minimum Gasteiger partial charge on any atom is -0.311 e. The summed E-state index contributed by atoms with van der Waals surface area (Å²) >= 11 is 1.69. The number of pyridine rings is 1. The molecule has 0 unspecified atom stereocenters. The number of nitrogens with one attached hydrogen (secondary N) is 1. The molecule has 0 aliphatic carbocycles. The van der Waals surface area contributed by atoms with Gasteiger partial charge in [0.25, 0.3) is 0 Å². The molecular formula is C17H19N3S. The fourth-order valence-corrected chi connectivity index (χ4v) is 2.52. The molecule has 0 amide bonds. The van der Waals surface area contributed by atoms with Gasteiger partial charge >= 0.3 is 0 Å². The van der Waals surface area contributed by atoms with Crippen molar-refractivity contribution >= 4 is 18.5 Å². The SMILES string of the molecule is C=N/C(=C\SCNC)Cc1ccc(-c2ccncc2)cc1. The van der Waals surface area contributed by atoms with Gasteiger partial charge in [-0.1, -0.05) is 24.3 Å². The molecule has 0 fully saturated rings. The molecule has 1 aromatic carbocycles. The predicted molar refractivity (Wildman–Crippen MR) is 92.5 cm³/mol. The van der Waals surface area contributed by atoms with E-state index in [1.54, 1.807) is 11.8 Å². The highest BCUT2D eigenvalue weighted by molar-refractivity contribution is 8.02. The van der Waals surface area contributed by atoms with Crippen LogP contribution in [0.25, 0.3) is 11.1 Å². The van der Waals surface area contributed by atoms with Crippen molar-refractivity contribution in [1.82, 2.24) is 10.3 Å². The second-order valence-electron chi connectivity index (χ2n) is 4.54. The Morgan fingerprint density at radius 1 is 1.19 bits per heavy atom. The topological polar surface area (TPSA) is 37.3 Å². The Balaban J connectivity index is 2.05. The average molecular weight is 297 g/mol. The summed E-state index contributed by atoms with van der Waals surface area (Å²) in [6, 6.07) is 12.6. The summed E-state index contributed by atoms with van der Waals surface area (Å²) in [6.45, 7) is 3.64. The number of nitrogens with zero attached hydrogens (tertiary/aromatic N) is 2. The van der Waals surface area contributed by atoms with Gasteiger partial charge in [-0.15, -0.1) is 11.8 Å². The molecule has 0 spiro atoms. The molecule has 3 nitrogen and oxygen atoms in total. The lowest BCUT2D eigenvalue weighted by Gasteiger charge is -2.05. The monoisotopic (exact) mass is 297 g/mol. The van der Waals surface area contributed by atoms with E-state index in [1.165, 1.54) is 16.7 Å². The minimum atomic E-state index is 0.802. The van der Waals surface area contributed by atoms with E-state index in [2.05, 4.69) is 51.7 Å². The molecule has 108 valence electrons. The number of thioether (sulfide) groups is 1. The Labute approximate surface area is 130 Å². The summed E-state index contributed by atoms with van der Waals surface area (Å²) < 4.78 is 0. The van der Waals surface area contributed by atoms with E-state index in [4.69, 9.17) is 0 Å². The minimum absolute atomic E-state index is 0.802. The molecule has 0 saturated heterocycles. The van der Waals surface area contributed by atoms with E-state index in [-0.39, 0.29) is 0 Å². The summed E-state index contributed by atoms with van der Waals surface area (Å²) in [7, 11) is 1.93. The lowest BCUT2D eigenvalue weighted by molar-refractivity contribution is 0.985. The molecule has 0 saturated carbocycles. The number of rotatable bonds is 7. The number of hydrogen-bond donors (Lipinski definition) is 1. The summed E-state index contributed by atoms with van der Waals surface area (Å²) in [5, 5.41) is 5.14. The van der Waals surface area contributed by atoms with Crippen molar-refractivity contribution in [2.24, 2.45) is 4.99 Å². The van der Waals surface area contributed by atoms with Crippen LogP contribution in [0.5, 0.6) is 0 Å². The van der Waals surface area contributed by atoms with Crippen LogP contribution in [0.1, 0.15) is 5.56 Å². The van der Waals surface area contributed by atoms with Crippen LogP contribution in [0.15, 0.2) is 64.9 Å². The third-order valence-corrected chi connectivity index (χ3v) is 3.90. The summed E-state index contributed by atoms with van der Waals surface area (Å²) in [6.07, 6.45) is 4.42. The van der Waals surface area contributed by atoms with Gasteiger partial charge in [-0.3, -0.25) is 9.98 Å². The highest BCUT2D eigenvalue weighted by Crippen LogP contribution is 2.20. The van der Waals surface area contributed by atoms with Crippen molar-refractivity contribution in [1.29, 1.82) is 0 Å². The van der Waals surface area contributed by atoms with E-state index in [0.29, 0.717) is 0 Å². The van der Waals surface area contributed by atoms with Crippen LogP contribution in [0.2, 0.25) is 0 Å². The van der Waals surface area contributed by atoms with Crippen molar-refractivity contribution in [3.8, 4) is 11.1 Å². The Kier molecular flexibility index (Phi) is 6.19. The Hall–Kier alpha value is -1.91. The van der Waals surface area contributed by atoms with E-state index >= 15 is 0 Å². The second-order valence-corrected chi connectivity index (χ2v) is 5.40. The van der Waals surface area contributed by atoms with E-state index in [0.717, 1.165) is 18.0 Å². The van der Waals surface area contributed by atoms with Gasteiger partial charge in [-0.05, 0) is 48.0 Å². The highest BCUT2D eigenvalue weighted by atomic mass is 32.2. The van der Waals surface area contributed by atoms with Gasteiger partial charge in [0, 0.05) is 24.7 Å². The third kappa shape index (κ3) is 4.85. The summed E-state index contributed by atoms with van der Waals surface area (Å²) in [5.41, 5.74) is 4.60. The van der Waals surface area contributed by atoms with Gasteiger partial charge in [0.05, 0.1) is 5.70 Å². The van der Waals surface area contributed by atoms with Gasteiger partial charge in [-0.2, -0.15) is 0 Å². The fraction of sp³-hybridized carbons (Fsp3) is 0.176. The molecule has 1 heterocycles. The van der Waals surface area contributed by atoms with Crippen LogP contribution in [-0.2, 0) is 6.42 Å². The number of aliphatic imine (C=N–C) groups is 1. The molecular weight excluding hydrogens is 278 g/mol. The molecule has 0 bridgehead atoms. The van der Waals surface area contributed by atoms with Crippen molar-refractivity contribution in [2.75, 3.05) is 12.9 Å². The van der Waals surface area contributed by atoms with Crippen molar-refractivity contribution in [3.63, 3.8) is 0 Å². The van der Waals surface area contributed by atoms with Crippen LogP contribution in [0.4, 0.5) is 0 Å². The van der Waals surface area contributed by atoms with Crippen molar-refractivity contribution in [2.45, 2.75) is 6.42 Å². The molecule has 0 aliphatic rings. The van der Waals surface area contributed by atoms with Crippen molar-refractivity contribution < 1.29 is 0 Å². The van der Waals surface area contributed by atoms with Gasteiger partial charge in [0.2, 0.25) is 0 Å². The van der Waals surface area contributed by atoms with E-state index < -0.39 is 0 Å². The summed E-state index contributed by atoms with van der Waals surface area (Å²) in [4.78, 5) is 8.13.